The topological polar surface area (TPSA) is 3.24 Å². The van der Waals surface area contributed by atoms with Crippen molar-refractivity contribution < 1.29 is 0 Å². The number of fused-ring (bicyclic) bond motifs is 2. The third-order valence-corrected chi connectivity index (χ3v) is 8.66. The first-order valence-electron chi connectivity index (χ1n) is 15.4. The van der Waals surface area contributed by atoms with E-state index >= 15 is 0 Å². The van der Waals surface area contributed by atoms with E-state index in [4.69, 9.17) is 0 Å². The van der Waals surface area contributed by atoms with Gasteiger partial charge in [-0.25, -0.2) is 0 Å². The van der Waals surface area contributed by atoms with Crippen molar-refractivity contribution in [3.05, 3.63) is 188 Å². The van der Waals surface area contributed by atoms with E-state index in [9.17, 15) is 0 Å². The van der Waals surface area contributed by atoms with Crippen LogP contribution in [0.5, 0.6) is 0 Å². The lowest BCUT2D eigenvalue weighted by atomic mass is 9.89. The average molecular weight is 574 g/mol. The molecule has 0 saturated carbocycles. The van der Waals surface area contributed by atoms with Gasteiger partial charge in [0.05, 0.1) is 5.69 Å². The van der Waals surface area contributed by atoms with Crippen molar-refractivity contribution in [1.29, 1.82) is 0 Å². The summed E-state index contributed by atoms with van der Waals surface area (Å²) in [7, 11) is 0. The van der Waals surface area contributed by atoms with Crippen LogP contribution in [0, 0.1) is 0 Å². The molecule has 0 aromatic heterocycles. The smallest absolute Gasteiger partial charge is 0.0540 e. The molecule has 1 nitrogen and oxygen atoms in total. The van der Waals surface area contributed by atoms with E-state index in [1.54, 1.807) is 0 Å². The van der Waals surface area contributed by atoms with E-state index in [0.717, 1.165) is 17.1 Å². The fourth-order valence-electron chi connectivity index (χ4n) is 6.49. The van der Waals surface area contributed by atoms with Gasteiger partial charge in [0, 0.05) is 16.8 Å². The number of benzene rings is 8. The van der Waals surface area contributed by atoms with Crippen LogP contribution >= 0.6 is 0 Å². The molecular formula is C44H31N. The van der Waals surface area contributed by atoms with Gasteiger partial charge < -0.3 is 4.90 Å². The summed E-state index contributed by atoms with van der Waals surface area (Å²) in [5.41, 5.74) is 10.7. The minimum Gasteiger partial charge on any atom is -0.310 e. The van der Waals surface area contributed by atoms with Crippen LogP contribution in [0.1, 0.15) is 0 Å². The van der Waals surface area contributed by atoms with Gasteiger partial charge in [0.25, 0.3) is 0 Å². The molecule has 0 atom stereocenters. The van der Waals surface area contributed by atoms with Crippen LogP contribution in [0.2, 0.25) is 0 Å². The highest BCUT2D eigenvalue weighted by atomic mass is 15.1. The summed E-state index contributed by atoms with van der Waals surface area (Å²) in [6.07, 6.45) is 0. The van der Waals surface area contributed by atoms with Crippen molar-refractivity contribution in [1.82, 2.24) is 0 Å². The zero-order valence-corrected chi connectivity index (χ0v) is 24.8. The molecule has 0 radical (unpaired) electrons. The van der Waals surface area contributed by atoms with E-state index in [0.29, 0.717) is 0 Å². The Hall–Kier alpha value is -5.92. The molecule has 0 heterocycles. The molecule has 0 aliphatic rings. The minimum absolute atomic E-state index is 1.12. The van der Waals surface area contributed by atoms with Crippen LogP contribution < -0.4 is 4.90 Å². The first-order valence-corrected chi connectivity index (χ1v) is 15.4. The Labute approximate surface area is 264 Å². The van der Waals surface area contributed by atoms with E-state index in [2.05, 4.69) is 193 Å². The Morgan fingerprint density at radius 3 is 1.60 bits per heavy atom. The summed E-state index contributed by atoms with van der Waals surface area (Å²) >= 11 is 0. The number of hydrogen-bond acceptors (Lipinski definition) is 1. The van der Waals surface area contributed by atoms with Gasteiger partial charge in [-0.2, -0.15) is 0 Å². The van der Waals surface area contributed by atoms with E-state index in [1.165, 1.54) is 54.9 Å². The fourth-order valence-corrected chi connectivity index (χ4v) is 6.49. The SMILES string of the molecule is c1ccc(-c2cc(-c3ccc(N(c4ccccc4)c4cccc5ccccc45)cc3)ccc2-c2cccc3ccccc23)cc1. The van der Waals surface area contributed by atoms with Crippen molar-refractivity contribution in [2.75, 3.05) is 4.90 Å². The first-order chi connectivity index (χ1) is 22.3. The largest absolute Gasteiger partial charge is 0.310 e. The van der Waals surface area contributed by atoms with Crippen LogP contribution in [0.25, 0.3) is 54.9 Å². The molecule has 0 amide bonds. The van der Waals surface area contributed by atoms with Crippen LogP contribution in [-0.4, -0.2) is 0 Å². The van der Waals surface area contributed by atoms with Gasteiger partial charge in [-0.3, -0.25) is 0 Å². The second kappa shape index (κ2) is 11.6. The Morgan fingerprint density at radius 2 is 0.844 bits per heavy atom. The predicted molar refractivity (Wildman–Crippen MR) is 192 cm³/mol. The average Bonchev–Trinajstić information content (AvgIpc) is 3.12. The van der Waals surface area contributed by atoms with E-state index in [1.807, 2.05) is 0 Å². The highest BCUT2D eigenvalue weighted by Gasteiger charge is 2.16. The molecule has 8 rings (SSSR count). The summed E-state index contributed by atoms with van der Waals surface area (Å²) in [4.78, 5) is 2.35. The molecule has 0 N–H and O–H groups in total. The zero-order chi connectivity index (χ0) is 30.0. The summed E-state index contributed by atoms with van der Waals surface area (Å²) in [6, 6.07) is 67.6. The molecule has 0 fully saturated rings. The van der Waals surface area contributed by atoms with Gasteiger partial charge in [0.2, 0.25) is 0 Å². The minimum atomic E-state index is 1.12. The van der Waals surface area contributed by atoms with Crippen molar-refractivity contribution in [3.63, 3.8) is 0 Å². The molecule has 0 unspecified atom stereocenters. The Morgan fingerprint density at radius 1 is 0.289 bits per heavy atom. The Bertz CT molecular complexity index is 2240. The van der Waals surface area contributed by atoms with E-state index < -0.39 is 0 Å². The number of anilines is 3. The summed E-state index contributed by atoms with van der Waals surface area (Å²) in [5.74, 6) is 0. The van der Waals surface area contributed by atoms with Crippen LogP contribution in [0.15, 0.2) is 188 Å². The van der Waals surface area contributed by atoms with Crippen molar-refractivity contribution in [2.45, 2.75) is 0 Å². The molecule has 0 aliphatic heterocycles. The molecule has 0 aliphatic carbocycles. The molecule has 0 bridgehead atoms. The van der Waals surface area contributed by atoms with E-state index in [-0.39, 0.29) is 0 Å². The maximum atomic E-state index is 2.35. The van der Waals surface area contributed by atoms with Crippen LogP contribution in [0.3, 0.4) is 0 Å². The lowest BCUT2D eigenvalue weighted by Gasteiger charge is -2.27. The first kappa shape index (κ1) is 26.7. The molecule has 0 saturated heterocycles. The van der Waals surface area contributed by atoms with Gasteiger partial charge in [-0.15, -0.1) is 0 Å². The fraction of sp³-hybridized carbons (Fsp3) is 0. The lowest BCUT2D eigenvalue weighted by Crippen LogP contribution is -2.10. The van der Waals surface area contributed by atoms with Gasteiger partial charge in [-0.05, 0) is 85.9 Å². The molecule has 8 aromatic carbocycles. The van der Waals surface area contributed by atoms with Crippen molar-refractivity contribution in [2.24, 2.45) is 0 Å². The molecule has 8 aromatic rings. The summed E-state index contributed by atoms with van der Waals surface area (Å²) < 4.78 is 0. The molecule has 45 heavy (non-hydrogen) atoms. The highest BCUT2D eigenvalue weighted by molar-refractivity contribution is 6.02. The summed E-state index contributed by atoms with van der Waals surface area (Å²) in [6.45, 7) is 0. The molecule has 0 spiro atoms. The van der Waals surface area contributed by atoms with Crippen molar-refractivity contribution >= 4 is 38.6 Å². The number of rotatable bonds is 6. The number of hydrogen-bond donors (Lipinski definition) is 0. The van der Waals surface area contributed by atoms with Gasteiger partial charge in [-0.1, -0.05) is 152 Å². The zero-order valence-electron chi connectivity index (χ0n) is 24.8. The Balaban J connectivity index is 1.24. The van der Waals surface area contributed by atoms with Crippen molar-refractivity contribution in [3.8, 4) is 33.4 Å². The quantitative estimate of drug-likeness (QED) is 0.191. The maximum absolute atomic E-state index is 2.35. The number of nitrogens with zero attached hydrogens (tertiary/aromatic N) is 1. The third kappa shape index (κ3) is 5.05. The van der Waals surface area contributed by atoms with Gasteiger partial charge in [0.15, 0.2) is 0 Å². The van der Waals surface area contributed by atoms with Gasteiger partial charge in [0.1, 0.15) is 0 Å². The molecule has 212 valence electrons. The third-order valence-electron chi connectivity index (χ3n) is 8.66. The summed E-state index contributed by atoms with van der Waals surface area (Å²) in [5, 5.41) is 4.98. The monoisotopic (exact) mass is 573 g/mol. The second-order valence-electron chi connectivity index (χ2n) is 11.4. The Kier molecular flexibility index (Phi) is 6.90. The van der Waals surface area contributed by atoms with Gasteiger partial charge >= 0.3 is 0 Å². The van der Waals surface area contributed by atoms with Crippen LogP contribution in [0.4, 0.5) is 17.1 Å². The standard InChI is InChI=1S/C44H31N/c1-3-13-35(14-4-1)43-31-36(27-30-42(43)41-23-11-17-33-15-7-9-21-39(33)41)32-25-28-38(29-26-32)45(37-19-5-2-6-20-37)44-24-12-18-34-16-8-10-22-40(34)44/h1-31H. The second-order valence-corrected chi connectivity index (χ2v) is 11.4. The highest BCUT2D eigenvalue weighted by Crippen LogP contribution is 2.41. The lowest BCUT2D eigenvalue weighted by molar-refractivity contribution is 1.30. The molecule has 1 heteroatoms. The normalized spacial score (nSPS) is 11.1. The number of para-hydroxylation sites is 1. The predicted octanol–water partition coefficient (Wildman–Crippen LogP) is 12.5. The maximum Gasteiger partial charge on any atom is 0.0540 e. The molecular weight excluding hydrogens is 542 g/mol. The van der Waals surface area contributed by atoms with Crippen LogP contribution in [-0.2, 0) is 0 Å².